The van der Waals surface area contributed by atoms with Crippen LogP contribution in [0.5, 0.6) is 0 Å². The van der Waals surface area contributed by atoms with Gasteiger partial charge in [0.15, 0.2) is 0 Å². The number of nitrogens with one attached hydrogen (secondary N) is 1. The van der Waals surface area contributed by atoms with Crippen LogP contribution in [0.3, 0.4) is 0 Å². The molecule has 0 aliphatic heterocycles. The highest BCUT2D eigenvalue weighted by Crippen LogP contribution is 2.21. The van der Waals surface area contributed by atoms with E-state index in [2.05, 4.69) is 10.3 Å². The lowest BCUT2D eigenvalue weighted by atomic mass is 10.2. The van der Waals surface area contributed by atoms with Crippen molar-refractivity contribution in [1.82, 2.24) is 10.3 Å². The van der Waals surface area contributed by atoms with Crippen LogP contribution in [0.4, 0.5) is 0 Å². The summed E-state index contributed by atoms with van der Waals surface area (Å²) >= 11 is 0. The highest BCUT2D eigenvalue weighted by molar-refractivity contribution is 5.76. The number of benzene rings is 1. The number of hydrogen-bond acceptors (Lipinski definition) is 4. The molecule has 1 heterocycles. The summed E-state index contributed by atoms with van der Waals surface area (Å²) in [5.74, 6) is 1.36. The van der Waals surface area contributed by atoms with Crippen molar-refractivity contribution in [2.24, 2.45) is 0 Å². The van der Waals surface area contributed by atoms with Crippen LogP contribution in [-0.2, 0) is 16.0 Å². The molecule has 0 radical (unpaired) electrons. The molecule has 2 aromatic rings. The van der Waals surface area contributed by atoms with Gasteiger partial charge >= 0.3 is 0 Å². The number of aryl methyl sites for hydroxylation is 2. The van der Waals surface area contributed by atoms with Gasteiger partial charge in [0.25, 0.3) is 0 Å². The maximum absolute atomic E-state index is 11.7. The lowest BCUT2D eigenvalue weighted by Gasteiger charge is -2.03. The Labute approximate surface area is 124 Å². The minimum atomic E-state index is -0.00397. The molecule has 0 aliphatic rings. The molecule has 21 heavy (non-hydrogen) atoms. The predicted octanol–water partition coefficient (Wildman–Crippen LogP) is 2.35. The lowest BCUT2D eigenvalue weighted by molar-refractivity contribution is -0.121. The fourth-order valence-electron chi connectivity index (χ4n) is 1.98. The van der Waals surface area contributed by atoms with Crippen LogP contribution < -0.4 is 5.32 Å². The number of nitrogens with zero attached hydrogens (tertiary/aromatic N) is 1. The monoisotopic (exact) mass is 288 g/mol. The molecule has 5 heteroatoms. The Morgan fingerprint density at radius 3 is 2.81 bits per heavy atom. The van der Waals surface area contributed by atoms with E-state index < -0.39 is 0 Å². The van der Waals surface area contributed by atoms with Crippen molar-refractivity contribution < 1.29 is 13.9 Å². The third kappa shape index (κ3) is 4.43. The largest absolute Gasteiger partial charge is 0.441 e. The Kier molecular flexibility index (Phi) is 5.51. The number of carbonyl (C=O) groups excluding carboxylic acids is 1. The molecular weight excluding hydrogens is 268 g/mol. The summed E-state index contributed by atoms with van der Waals surface area (Å²) in [7, 11) is 1.61. The summed E-state index contributed by atoms with van der Waals surface area (Å²) in [6, 6.07) is 9.74. The number of ether oxygens (including phenoxy) is 1. The molecule has 2 rings (SSSR count). The van der Waals surface area contributed by atoms with Crippen LogP contribution in [-0.4, -0.2) is 31.2 Å². The van der Waals surface area contributed by atoms with Crippen molar-refractivity contribution in [3.63, 3.8) is 0 Å². The number of methoxy groups -OCH3 is 1. The van der Waals surface area contributed by atoms with Gasteiger partial charge < -0.3 is 14.5 Å². The molecule has 0 fully saturated rings. The van der Waals surface area contributed by atoms with Crippen molar-refractivity contribution in [3.8, 4) is 11.5 Å². The third-order valence-electron chi connectivity index (χ3n) is 3.13. The summed E-state index contributed by atoms with van der Waals surface area (Å²) < 4.78 is 10.6. The smallest absolute Gasteiger partial charge is 0.226 e. The van der Waals surface area contributed by atoms with Crippen LogP contribution in [0.25, 0.3) is 11.5 Å². The van der Waals surface area contributed by atoms with Gasteiger partial charge in [-0.05, 0) is 19.1 Å². The number of aromatic nitrogens is 1. The standard InChI is InChI=1S/C16H20N2O3/c1-12-14(8-9-15(19)17-10-11-20-2)18-16(21-12)13-6-4-3-5-7-13/h3-7H,8-11H2,1-2H3,(H,17,19). The zero-order valence-electron chi connectivity index (χ0n) is 12.4. The highest BCUT2D eigenvalue weighted by Gasteiger charge is 2.12. The fourth-order valence-corrected chi connectivity index (χ4v) is 1.98. The maximum atomic E-state index is 11.7. The molecule has 0 saturated carbocycles. The number of amides is 1. The minimum Gasteiger partial charge on any atom is -0.441 e. The highest BCUT2D eigenvalue weighted by atomic mass is 16.5. The van der Waals surface area contributed by atoms with Gasteiger partial charge in [0.1, 0.15) is 5.76 Å². The Morgan fingerprint density at radius 2 is 2.10 bits per heavy atom. The number of carbonyl (C=O) groups is 1. The van der Waals surface area contributed by atoms with E-state index >= 15 is 0 Å². The molecule has 0 atom stereocenters. The van der Waals surface area contributed by atoms with E-state index in [0.29, 0.717) is 31.9 Å². The average Bonchev–Trinajstić information content (AvgIpc) is 2.87. The first-order chi connectivity index (χ1) is 10.2. The van der Waals surface area contributed by atoms with E-state index in [0.717, 1.165) is 17.0 Å². The molecule has 112 valence electrons. The normalized spacial score (nSPS) is 10.6. The summed E-state index contributed by atoms with van der Waals surface area (Å²) in [6.45, 7) is 2.92. The summed E-state index contributed by atoms with van der Waals surface area (Å²) in [4.78, 5) is 16.1. The summed E-state index contributed by atoms with van der Waals surface area (Å²) in [6.07, 6.45) is 0.965. The van der Waals surface area contributed by atoms with Crippen molar-refractivity contribution in [1.29, 1.82) is 0 Å². The Balaban J connectivity index is 1.93. The summed E-state index contributed by atoms with van der Waals surface area (Å²) in [5, 5.41) is 2.79. The van der Waals surface area contributed by atoms with Crippen LogP contribution in [0.1, 0.15) is 17.9 Å². The van der Waals surface area contributed by atoms with Gasteiger partial charge in [-0.25, -0.2) is 4.98 Å². The van der Waals surface area contributed by atoms with Crippen molar-refractivity contribution in [2.45, 2.75) is 19.8 Å². The Morgan fingerprint density at radius 1 is 1.33 bits per heavy atom. The van der Waals surface area contributed by atoms with Crippen LogP contribution in [0.2, 0.25) is 0 Å². The molecule has 0 saturated heterocycles. The van der Waals surface area contributed by atoms with Crippen molar-refractivity contribution in [3.05, 3.63) is 41.8 Å². The van der Waals surface area contributed by atoms with Crippen molar-refractivity contribution in [2.75, 3.05) is 20.3 Å². The quantitative estimate of drug-likeness (QED) is 0.794. The van der Waals surface area contributed by atoms with Gasteiger partial charge in [-0.3, -0.25) is 4.79 Å². The topological polar surface area (TPSA) is 64.4 Å². The predicted molar refractivity (Wildman–Crippen MR) is 79.9 cm³/mol. The Bertz CT molecular complexity index is 578. The maximum Gasteiger partial charge on any atom is 0.226 e. The van der Waals surface area contributed by atoms with Gasteiger partial charge in [0.2, 0.25) is 11.8 Å². The van der Waals surface area contributed by atoms with E-state index in [1.807, 2.05) is 37.3 Å². The van der Waals surface area contributed by atoms with Crippen LogP contribution in [0, 0.1) is 6.92 Å². The molecule has 0 aliphatic carbocycles. The molecule has 0 unspecified atom stereocenters. The minimum absolute atomic E-state index is 0.00397. The van der Waals surface area contributed by atoms with Crippen molar-refractivity contribution >= 4 is 5.91 Å². The van der Waals surface area contributed by atoms with E-state index in [4.69, 9.17) is 9.15 Å². The molecular formula is C16H20N2O3. The zero-order valence-corrected chi connectivity index (χ0v) is 12.4. The second kappa shape index (κ2) is 7.59. The van der Waals surface area contributed by atoms with Crippen LogP contribution >= 0.6 is 0 Å². The van der Waals surface area contributed by atoms with E-state index in [1.165, 1.54) is 0 Å². The number of oxazole rings is 1. The molecule has 1 amide bonds. The number of hydrogen-bond donors (Lipinski definition) is 1. The molecule has 0 bridgehead atoms. The molecule has 1 aromatic heterocycles. The first kappa shape index (κ1) is 15.3. The average molecular weight is 288 g/mol. The second-order valence-electron chi connectivity index (χ2n) is 4.73. The summed E-state index contributed by atoms with van der Waals surface area (Å²) in [5.41, 5.74) is 1.77. The van der Waals surface area contributed by atoms with Gasteiger partial charge in [-0.1, -0.05) is 18.2 Å². The molecule has 1 aromatic carbocycles. The lowest BCUT2D eigenvalue weighted by Crippen LogP contribution is -2.27. The van der Waals surface area contributed by atoms with Crippen LogP contribution in [0.15, 0.2) is 34.7 Å². The van der Waals surface area contributed by atoms with Gasteiger partial charge in [-0.15, -0.1) is 0 Å². The fraction of sp³-hybridized carbons (Fsp3) is 0.375. The third-order valence-corrected chi connectivity index (χ3v) is 3.13. The van der Waals surface area contributed by atoms with Gasteiger partial charge in [0.05, 0.1) is 12.3 Å². The van der Waals surface area contributed by atoms with Gasteiger partial charge in [0, 0.05) is 32.1 Å². The van der Waals surface area contributed by atoms with E-state index in [1.54, 1.807) is 7.11 Å². The first-order valence-corrected chi connectivity index (χ1v) is 6.98. The zero-order chi connectivity index (χ0) is 15.1. The van der Waals surface area contributed by atoms with Gasteiger partial charge in [-0.2, -0.15) is 0 Å². The first-order valence-electron chi connectivity index (χ1n) is 6.98. The molecule has 5 nitrogen and oxygen atoms in total. The number of rotatable bonds is 7. The van der Waals surface area contributed by atoms with E-state index in [-0.39, 0.29) is 5.91 Å². The Hall–Kier alpha value is -2.14. The SMILES string of the molecule is COCCNC(=O)CCc1nc(-c2ccccc2)oc1C. The molecule has 0 spiro atoms. The molecule has 1 N–H and O–H groups in total. The van der Waals surface area contributed by atoms with E-state index in [9.17, 15) is 4.79 Å². The second-order valence-corrected chi connectivity index (χ2v) is 4.73.